The minimum atomic E-state index is -0.551. The SMILES string of the molecule is COc1cc(C)c(CC2(NC(=O)Cl)CCN(OCC(O)CN3CCCCC3)CC2)cn1. The van der Waals surface area contributed by atoms with E-state index in [-0.39, 0.29) is 6.61 Å². The Morgan fingerprint density at radius 3 is 2.61 bits per heavy atom. The van der Waals surface area contributed by atoms with Crippen molar-refractivity contribution in [3.63, 3.8) is 0 Å². The van der Waals surface area contributed by atoms with Gasteiger partial charge in [-0.2, -0.15) is 5.06 Å². The number of piperidine rings is 2. The number of carbonyl (C=O) groups excluding carboxylic acids is 1. The number of aliphatic hydroxyl groups excluding tert-OH is 1. The molecule has 0 aliphatic carbocycles. The number of halogens is 1. The number of hydroxylamine groups is 2. The van der Waals surface area contributed by atoms with Crippen LogP contribution in [0, 0.1) is 6.92 Å². The van der Waals surface area contributed by atoms with Gasteiger partial charge in [0, 0.05) is 37.4 Å². The molecule has 8 nitrogen and oxygen atoms in total. The number of hydrogen-bond donors (Lipinski definition) is 2. The van der Waals surface area contributed by atoms with Crippen LogP contribution in [0.3, 0.4) is 0 Å². The monoisotopic (exact) mass is 454 g/mol. The molecule has 0 saturated carbocycles. The topological polar surface area (TPSA) is 87.2 Å². The Kier molecular flexibility index (Phi) is 8.92. The number of rotatable bonds is 9. The van der Waals surface area contributed by atoms with Gasteiger partial charge in [0.25, 0.3) is 0 Å². The third-order valence-electron chi connectivity index (χ3n) is 6.34. The Labute approximate surface area is 189 Å². The van der Waals surface area contributed by atoms with Crippen LogP contribution in [0.25, 0.3) is 0 Å². The van der Waals surface area contributed by atoms with Crippen LogP contribution in [0.5, 0.6) is 5.88 Å². The number of aliphatic hydroxyl groups is 1. The lowest BCUT2D eigenvalue weighted by Crippen LogP contribution is -2.55. The van der Waals surface area contributed by atoms with Crippen molar-refractivity contribution >= 4 is 17.0 Å². The number of methoxy groups -OCH3 is 1. The van der Waals surface area contributed by atoms with E-state index in [0.29, 0.717) is 44.8 Å². The van der Waals surface area contributed by atoms with E-state index >= 15 is 0 Å². The highest BCUT2D eigenvalue weighted by atomic mass is 35.5. The summed E-state index contributed by atoms with van der Waals surface area (Å²) in [5.41, 5.74) is 1.67. The van der Waals surface area contributed by atoms with Crippen LogP contribution >= 0.6 is 11.6 Å². The van der Waals surface area contributed by atoms with Crippen LogP contribution in [0.2, 0.25) is 0 Å². The van der Waals surface area contributed by atoms with Crippen molar-refractivity contribution in [3.05, 3.63) is 23.4 Å². The number of β-amino-alcohol motifs (C(OH)–C–C–N with tert-alkyl or cyclic N) is 1. The summed E-state index contributed by atoms with van der Waals surface area (Å²) in [4.78, 5) is 24.2. The van der Waals surface area contributed by atoms with Crippen LogP contribution in [0.1, 0.15) is 43.2 Å². The summed E-state index contributed by atoms with van der Waals surface area (Å²) in [6.45, 7) is 6.36. The van der Waals surface area contributed by atoms with Crippen molar-refractivity contribution < 1.29 is 19.5 Å². The number of ether oxygens (including phenoxy) is 1. The molecule has 1 amide bonds. The summed E-state index contributed by atoms with van der Waals surface area (Å²) in [6.07, 6.45) is 7.02. The first-order chi connectivity index (χ1) is 14.9. The van der Waals surface area contributed by atoms with Gasteiger partial charge in [-0.1, -0.05) is 6.42 Å². The molecule has 0 radical (unpaired) electrons. The van der Waals surface area contributed by atoms with Gasteiger partial charge < -0.3 is 20.1 Å². The van der Waals surface area contributed by atoms with Gasteiger partial charge in [-0.3, -0.25) is 9.63 Å². The van der Waals surface area contributed by atoms with Crippen LogP contribution in [0.4, 0.5) is 4.79 Å². The average Bonchev–Trinajstić information content (AvgIpc) is 2.75. The minimum Gasteiger partial charge on any atom is -0.481 e. The number of nitrogens with one attached hydrogen (secondary N) is 1. The van der Waals surface area contributed by atoms with Gasteiger partial charge in [0.2, 0.25) is 5.88 Å². The second kappa shape index (κ2) is 11.4. The number of likely N-dealkylation sites (tertiary alicyclic amines) is 1. The predicted molar refractivity (Wildman–Crippen MR) is 119 cm³/mol. The van der Waals surface area contributed by atoms with E-state index in [0.717, 1.165) is 24.2 Å². The van der Waals surface area contributed by atoms with Gasteiger partial charge in [-0.15, -0.1) is 0 Å². The largest absolute Gasteiger partial charge is 0.481 e. The Hall–Kier alpha value is -1.45. The zero-order valence-electron chi connectivity index (χ0n) is 18.6. The van der Waals surface area contributed by atoms with Crippen molar-refractivity contribution in [1.82, 2.24) is 20.3 Å². The fraction of sp³-hybridized carbons (Fsp3) is 0.727. The predicted octanol–water partition coefficient (Wildman–Crippen LogP) is 2.50. The first kappa shape index (κ1) is 24.2. The van der Waals surface area contributed by atoms with E-state index in [1.165, 1.54) is 19.3 Å². The molecule has 1 unspecified atom stereocenters. The number of carbonyl (C=O) groups is 1. The van der Waals surface area contributed by atoms with Gasteiger partial charge in [0.05, 0.1) is 19.8 Å². The number of hydrogen-bond acceptors (Lipinski definition) is 7. The molecule has 9 heteroatoms. The van der Waals surface area contributed by atoms with Crippen molar-refractivity contribution in [2.45, 2.75) is 57.1 Å². The molecule has 1 aromatic rings. The lowest BCUT2D eigenvalue weighted by molar-refractivity contribution is -0.195. The zero-order chi connectivity index (χ0) is 22.3. The van der Waals surface area contributed by atoms with Crippen molar-refractivity contribution in [3.8, 4) is 5.88 Å². The maximum absolute atomic E-state index is 11.7. The summed E-state index contributed by atoms with van der Waals surface area (Å²) >= 11 is 5.72. The molecule has 2 aliphatic heterocycles. The summed E-state index contributed by atoms with van der Waals surface area (Å²) in [5, 5.41) is 14.6. The molecule has 1 atom stereocenters. The molecule has 2 N–H and O–H groups in total. The highest BCUT2D eigenvalue weighted by Crippen LogP contribution is 2.29. The van der Waals surface area contributed by atoms with Crippen molar-refractivity contribution in [2.24, 2.45) is 0 Å². The normalized spacial score (nSPS) is 20.9. The number of pyridine rings is 1. The summed E-state index contributed by atoms with van der Waals surface area (Å²) < 4.78 is 5.19. The molecule has 1 aromatic heterocycles. The minimum absolute atomic E-state index is 0.285. The maximum atomic E-state index is 11.7. The quantitative estimate of drug-likeness (QED) is 0.438. The lowest BCUT2D eigenvalue weighted by atomic mass is 9.82. The Morgan fingerprint density at radius 1 is 1.29 bits per heavy atom. The first-order valence-corrected chi connectivity index (χ1v) is 11.5. The van der Waals surface area contributed by atoms with Crippen LogP contribution in [-0.4, -0.2) is 83.5 Å². The fourth-order valence-electron chi connectivity index (χ4n) is 4.50. The first-order valence-electron chi connectivity index (χ1n) is 11.1. The highest BCUT2D eigenvalue weighted by molar-refractivity contribution is 6.63. The Balaban J connectivity index is 1.52. The Bertz CT molecular complexity index is 721. The third kappa shape index (κ3) is 7.29. The number of amides is 1. The number of aromatic nitrogens is 1. The van der Waals surface area contributed by atoms with Crippen molar-refractivity contribution in [2.75, 3.05) is 46.4 Å². The summed E-state index contributed by atoms with van der Waals surface area (Å²) in [7, 11) is 1.59. The maximum Gasteiger partial charge on any atom is 0.314 e. The standard InChI is InChI=1S/C22H35ClN4O4/c1-17-12-20(30-2)24-14-18(17)13-22(25-21(23)29)6-10-27(11-7-22)31-16-19(28)15-26-8-4-3-5-9-26/h12,14,19,28H,3-11,13,15-16H2,1-2H3,(H,25,29). The molecular formula is C22H35ClN4O4. The molecule has 2 fully saturated rings. The molecule has 0 spiro atoms. The van der Waals surface area contributed by atoms with Gasteiger partial charge in [-0.25, -0.2) is 4.98 Å². The van der Waals surface area contributed by atoms with Gasteiger partial charge >= 0.3 is 5.37 Å². The molecular weight excluding hydrogens is 420 g/mol. The smallest absolute Gasteiger partial charge is 0.314 e. The average molecular weight is 455 g/mol. The van der Waals surface area contributed by atoms with Gasteiger partial charge in [0.15, 0.2) is 0 Å². The van der Waals surface area contributed by atoms with Crippen LogP contribution in [-0.2, 0) is 11.3 Å². The molecule has 3 rings (SSSR count). The van der Waals surface area contributed by atoms with E-state index in [1.807, 2.05) is 18.1 Å². The van der Waals surface area contributed by atoms with E-state index in [9.17, 15) is 9.90 Å². The molecule has 2 saturated heterocycles. The van der Waals surface area contributed by atoms with Crippen molar-refractivity contribution in [1.29, 1.82) is 0 Å². The molecule has 0 aromatic carbocycles. The summed E-state index contributed by atoms with van der Waals surface area (Å²) in [5.74, 6) is 0.572. The van der Waals surface area contributed by atoms with Gasteiger partial charge in [-0.05, 0) is 74.8 Å². The number of nitrogens with zero attached hydrogens (tertiary/aromatic N) is 3. The molecule has 0 bridgehead atoms. The van der Waals surface area contributed by atoms with E-state index in [1.54, 1.807) is 13.3 Å². The summed E-state index contributed by atoms with van der Waals surface area (Å²) in [6, 6.07) is 1.90. The van der Waals surface area contributed by atoms with Gasteiger partial charge in [0.1, 0.15) is 0 Å². The molecule has 2 aliphatic rings. The Morgan fingerprint density at radius 2 is 2.00 bits per heavy atom. The number of aryl methyl sites for hydroxylation is 1. The highest BCUT2D eigenvalue weighted by Gasteiger charge is 2.37. The fourth-order valence-corrected chi connectivity index (χ4v) is 4.70. The molecule has 31 heavy (non-hydrogen) atoms. The molecule has 174 valence electrons. The third-order valence-corrected chi connectivity index (χ3v) is 6.44. The van der Waals surface area contributed by atoms with E-state index < -0.39 is 17.0 Å². The van der Waals surface area contributed by atoms with E-state index in [4.69, 9.17) is 21.2 Å². The second-order valence-corrected chi connectivity index (χ2v) is 9.09. The molecule has 3 heterocycles. The van der Waals surface area contributed by atoms with Crippen LogP contribution < -0.4 is 10.1 Å². The zero-order valence-corrected chi connectivity index (χ0v) is 19.4. The van der Waals surface area contributed by atoms with E-state index in [2.05, 4.69) is 15.2 Å². The van der Waals surface area contributed by atoms with Crippen LogP contribution in [0.15, 0.2) is 12.3 Å². The lowest BCUT2D eigenvalue weighted by Gasteiger charge is -2.42. The second-order valence-electron chi connectivity index (χ2n) is 8.75.